The molecule has 0 unspecified atom stereocenters. The molecule has 0 radical (unpaired) electrons. The molecule has 0 atom stereocenters. The summed E-state index contributed by atoms with van der Waals surface area (Å²) >= 11 is 0. The Morgan fingerprint density at radius 3 is 1.40 bits per heavy atom. The Morgan fingerprint density at radius 2 is 1.08 bits per heavy atom. The minimum Gasteiger partial charge on any atom is -0.481 e. The summed E-state index contributed by atoms with van der Waals surface area (Å²) in [5.74, 6) is -0.670. The van der Waals surface area contributed by atoms with Crippen LogP contribution in [-0.4, -0.2) is 36.0 Å². The van der Waals surface area contributed by atoms with Crippen molar-refractivity contribution in [3.05, 3.63) is 25.3 Å². The molecule has 2 N–H and O–H groups in total. The van der Waals surface area contributed by atoms with Crippen molar-refractivity contribution in [1.82, 2.24) is 0 Å². The van der Waals surface area contributed by atoms with Gasteiger partial charge in [0.15, 0.2) is 0 Å². The lowest BCUT2D eigenvalue weighted by Crippen LogP contribution is -1.93. The van der Waals surface area contributed by atoms with Crippen LogP contribution in [0.25, 0.3) is 0 Å². The molecule has 4 heteroatoms. The van der Waals surface area contributed by atoms with Gasteiger partial charge in [0.2, 0.25) is 0 Å². The van der Waals surface area contributed by atoms with Crippen LogP contribution >= 0.6 is 0 Å². The van der Waals surface area contributed by atoms with E-state index in [1.165, 1.54) is 57.8 Å². The van der Waals surface area contributed by atoms with Crippen LogP contribution < -0.4 is 0 Å². The first-order valence-electron chi connectivity index (χ1n) is 9.81. The number of rotatable bonds is 18. The van der Waals surface area contributed by atoms with Crippen molar-refractivity contribution in [2.45, 2.75) is 83.5 Å². The predicted octanol–water partition coefficient (Wildman–Crippen LogP) is 5.51. The molecule has 0 aromatic rings. The second-order valence-electron chi connectivity index (χ2n) is 6.22. The molecule has 0 rings (SSSR count). The number of aliphatic carboxylic acids is 1. The fraction of sp³-hybridized carbons (Fsp3) is 0.762. The molecule has 0 fully saturated rings. The smallest absolute Gasteiger partial charge is 0.303 e. The van der Waals surface area contributed by atoms with Gasteiger partial charge in [0.1, 0.15) is 0 Å². The van der Waals surface area contributed by atoms with Crippen LogP contribution in [0.2, 0.25) is 0 Å². The van der Waals surface area contributed by atoms with E-state index < -0.39 is 5.97 Å². The van der Waals surface area contributed by atoms with Gasteiger partial charge in [-0.2, -0.15) is 0 Å². The summed E-state index contributed by atoms with van der Waals surface area (Å²) in [5, 5.41) is 17.1. The highest BCUT2D eigenvalue weighted by atomic mass is 16.5. The van der Waals surface area contributed by atoms with Crippen molar-refractivity contribution < 1.29 is 19.7 Å². The first-order chi connectivity index (χ1) is 12.2. The summed E-state index contributed by atoms with van der Waals surface area (Å²) in [5.41, 5.74) is 0. The number of hydrogen-bond donors (Lipinski definition) is 2. The third-order valence-electron chi connectivity index (χ3n) is 3.77. The molecule has 0 spiro atoms. The molecule has 0 bridgehead atoms. The fourth-order valence-electron chi connectivity index (χ4n) is 2.39. The van der Waals surface area contributed by atoms with Gasteiger partial charge in [0, 0.05) is 13.0 Å². The first kappa shape index (κ1) is 26.1. The molecular formula is C21H40O4. The van der Waals surface area contributed by atoms with Crippen molar-refractivity contribution in [2.24, 2.45) is 0 Å². The molecule has 148 valence electrons. The van der Waals surface area contributed by atoms with Crippen LogP contribution in [0.5, 0.6) is 0 Å². The molecule has 0 saturated carbocycles. The quantitative estimate of drug-likeness (QED) is 0.251. The zero-order valence-electron chi connectivity index (χ0n) is 16.1. The van der Waals surface area contributed by atoms with Gasteiger partial charge in [0.05, 0.1) is 13.2 Å². The third-order valence-corrected chi connectivity index (χ3v) is 3.77. The van der Waals surface area contributed by atoms with E-state index in [9.17, 15) is 4.79 Å². The van der Waals surface area contributed by atoms with Gasteiger partial charge in [-0.05, 0) is 12.8 Å². The lowest BCUT2D eigenvalue weighted by molar-refractivity contribution is -0.137. The molecule has 4 nitrogen and oxygen atoms in total. The number of hydrogen-bond acceptors (Lipinski definition) is 3. The molecular weight excluding hydrogens is 316 g/mol. The van der Waals surface area contributed by atoms with Gasteiger partial charge in [-0.1, -0.05) is 76.4 Å². The number of carboxylic acid groups (broad SMARTS) is 1. The average molecular weight is 357 g/mol. The number of ether oxygens (including phenoxy) is 1. The first-order valence-corrected chi connectivity index (χ1v) is 9.81. The SMILES string of the molecule is C=CCOCC=C.O=C(O)CCCCCCCCCCCCCCO. The standard InChI is InChI=1S/C15H30O3.C6H10O/c16-14-12-10-8-6-4-2-1-3-5-7-9-11-13-15(17)18;1-3-5-7-6-4-2/h16H,1-14H2,(H,17,18);3-4H,1-2,5-6H2. The zero-order chi connectivity index (χ0) is 19.0. The van der Waals surface area contributed by atoms with E-state index in [-0.39, 0.29) is 0 Å². The summed E-state index contributed by atoms with van der Waals surface area (Å²) in [4.78, 5) is 10.3. The predicted molar refractivity (Wildman–Crippen MR) is 106 cm³/mol. The summed E-state index contributed by atoms with van der Waals surface area (Å²) in [6, 6.07) is 0. The van der Waals surface area contributed by atoms with Crippen LogP contribution in [0.15, 0.2) is 25.3 Å². The minimum absolute atomic E-state index is 0.327. The third kappa shape index (κ3) is 31.2. The minimum atomic E-state index is -0.670. The van der Waals surface area contributed by atoms with Gasteiger partial charge in [-0.25, -0.2) is 0 Å². The van der Waals surface area contributed by atoms with Crippen molar-refractivity contribution >= 4 is 5.97 Å². The molecule has 25 heavy (non-hydrogen) atoms. The van der Waals surface area contributed by atoms with Crippen molar-refractivity contribution in [3.8, 4) is 0 Å². The van der Waals surface area contributed by atoms with Crippen LogP contribution in [0.1, 0.15) is 83.5 Å². The van der Waals surface area contributed by atoms with E-state index in [0.717, 1.165) is 19.3 Å². The highest BCUT2D eigenvalue weighted by Gasteiger charge is 1.96. The molecule has 0 saturated heterocycles. The van der Waals surface area contributed by atoms with Crippen LogP contribution in [0.3, 0.4) is 0 Å². The molecule has 0 amide bonds. The van der Waals surface area contributed by atoms with Crippen LogP contribution in [-0.2, 0) is 9.53 Å². The largest absolute Gasteiger partial charge is 0.481 e. The normalized spacial score (nSPS) is 9.96. The maximum atomic E-state index is 10.3. The number of carboxylic acids is 1. The monoisotopic (exact) mass is 356 g/mol. The van der Waals surface area contributed by atoms with Gasteiger partial charge >= 0.3 is 5.97 Å². The van der Waals surface area contributed by atoms with E-state index in [1.807, 2.05) is 0 Å². The summed E-state index contributed by atoms with van der Waals surface area (Å²) in [7, 11) is 0. The van der Waals surface area contributed by atoms with Crippen molar-refractivity contribution in [2.75, 3.05) is 19.8 Å². The summed E-state index contributed by atoms with van der Waals surface area (Å²) < 4.78 is 4.90. The molecule has 0 aromatic carbocycles. The molecule has 0 heterocycles. The Morgan fingerprint density at radius 1 is 0.720 bits per heavy atom. The van der Waals surface area contributed by atoms with Crippen molar-refractivity contribution in [1.29, 1.82) is 0 Å². The Hall–Kier alpha value is -1.13. The number of aliphatic hydroxyl groups excluding tert-OH is 1. The van der Waals surface area contributed by atoms with Crippen LogP contribution in [0, 0.1) is 0 Å². The Labute approximate surface area is 155 Å². The maximum absolute atomic E-state index is 10.3. The lowest BCUT2D eigenvalue weighted by atomic mass is 10.0. The lowest BCUT2D eigenvalue weighted by Gasteiger charge is -2.02. The maximum Gasteiger partial charge on any atom is 0.303 e. The second kappa shape index (κ2) is 25.1. The van der Waals surface area contributed by atoms with Gasteiger partial charge < -0.3 is 14.9 Å². The van der Waals surface area contributed by atoms with Gasteiger partial charge in [-0.3, -0.25) is 4.79 Å². The van der Waals surface area contributed by atoms with Gasteiger partial charge in [0.25, 0.3) is 0 Å². The Kier molecular flexibility index (Phi) is 26.2. The molecule has 0 aliphatic carbocycles. The topological polar surface area (TPSA) is 66.8 Å². The zero-order valence-corrected chi connectivity index (χ0v) is 16.1. The van der Waals surface area contributed by atoms with Crippen molar-refractivity contribution in [3.63, 3.8) is 0 Å². The van der Waals surface area contributed by atoms with E-state index >= 15 is 0 Å². The summed E-state index contributed by atoms with van der Waals surface area (Å²) in [6.07, 6.45) is 18.0. The average Bonchev–Trinajstić information content (AvgIpc) is 2.60. The number of unbranched alkanes of at least 4 members (excludes halogenated alkanes) is 11. The summed E-state index contributed by atoms with van der Waals surface area (Å²) in [6.45, 7) is 8.52. The van der Waals surface area contributed by atoms with E-state index in [2.05, 4.69) is 13.2 Å². The number of aliphatic hydroxyl groups is 1. The highest BCUT2D eigenvalue weighted by Crippen LogP contribution is 2.12. The number of carbonyl (C=O) groups is 1. The van der Waals surface area contributed by atoms with E-state index in [1.54, 1.807) is 12.2 Å². The van der Waals surface area contributed by atoms with Crippen LogP contribution in [0.4, 0.5) is 0 Å². The van der Waals surface area contributed by atoms with Gasteiger partial charge in [-0.15, -0.1) is 13.2 Å². The Balaban J connectivity index is 0. The molecule has 0 aliphatic rings. The highest BCUT2D eigenvalue weighted by molar-refractivity contribution is 5.66. The van der Waals surface area contributed by atoms with E-state index in [4.69, 9.17) is 14.9 Å². The second-order valence-corrected chi connectivity index (χ2v) is 6.22. The Bertz CT molecular complexity index is 282. The molecule has 0 aliphatic heterocycles. The van der Waals surface area contributed by atoms with E-state index in [0.29, 0.717) is 26.2 Å². The fourth-order valence-corrected chi connectivity index (χ4v) is 2.39. The molecule has 0 aromatic heterocycles.